The molecule has 0 spiro atoms. The highest BCUT2D eigenvalue weighted by Gasteiger charge is 2.32. The van der Waals surface area contributed by atoms with E-state index in [-0.39, 0.29) is 38.0 Å². The van der Waals surface area contributed by atoms with Gasteiger partial charge in [-0.3, -0.25) is 14.1 Å². The quantitative estimate of drug-likeness (QED) is 0.104. The molecule has 0 aliphatic carbocycles. The van der Waals surface area contributed by atoms with Crippen molar-refractivity contribution in [1.82, 2.24) is 10.0 Å². The Kier molecular flexibility index (Phi) is 8.78. The molecule has 0 radical (unpaired) electrons. The van der Waals surface area contributed by atoms with E-state index in [2.05, 4.69) is 9.55 Å². The third kappa shape index (κ3) is 7.09. The SMILES string of the molecule is O=C(CCCCC[n+]1ccc(-c2nc3ccc(OCCCS(=O)(=O)O)cc3o2)c2ccccc21)ON1C(=O)CCC1=O. The van der Waals surface area contributed by atoms with Crippen LogP contribution < -0.4 is 9.30 Å². The van der Waals surface area contributed by atoms with E-state index in [1.807, 2.05) is 36.5 Å². The van der Waals surface area contributed by atoms with Crippen molar-refractivity contribution in [3.8, 4) is 17.2 Å². The lowest BCUT2D eigenvalue weighted by Gasteiger charge is -2.12. The number of nitrogens with zero attached hydrogens (tertiary/aromatic N) is 3. The Bertz CT molecular complexity index is 1730. The predicted molar refractivity (Wildman–Crippen MR) is 149 cm³/mol. The Morgan fingerprint density at radius 1 is 1.02 bits per heavy atom. The van der Waals surface area contributed by atoms with E-state index in [0.29, 0.717) is 40.8 Å². The number of rotatable bonds is 13. The highest BCUT2D eigenvalue weighted by molar-refractivity contribution is 7.85. The summed E-state index contributed by atoms with van der Waals surface area (Å²) in [6.07, 6.45) is 4.52. The Labute approximate surface area is 241 Å². The van der Waals surface area contributed by atoms with Crippen LogP contribution in [0.5, 0.6) is 5.75 Å². The number of ether oxygens (including phenoxy) is 1. The van der Waals surface area contributed by atoms with E-state index in [0.717, 1.165) is 29.3 Å². The Morgan fingerprint density at radius 3 is 2.60 bits per heavy atom. The van der Waals surface area contributed by atoms with E-state index in [1.54, 1.807) is 18.2 Å². The molecule has 0 atom stereocenters. The highest BCUT2D eigenvalue weighted by atomic mass is 32.2. The minimum Gasteiger partial charge on any atom is -0.493 e. The minimum absolute atomic E-state index is 0.0718. The molecule has 2 aromatic heterocycles. The summed E-state index contributed by atoms with van der Waals surface area (Å²) in [6, 6.07) is 15.0. The lowest BCUT2D eigenvalue weighted by molar-refractivity contribution is -0.671. The molecule has 42 heavy (non-hydrogen) atoms. The number of carbonyl (C=O) groups excluding carboxylic acids is 3. The van der Waals surface area contributed by atoms with Gasteiger partial charge in [-0.1, -0.05) is 12.1 Å². The van der Waals surface area contributed by atoms with Gasteiger partial charge in [0.1, 0.15) is 17.8 Å². The summed E-state index contributed by atoms with van der Waals surface area (Å²) in [4.78, 5) is 44.8. The van der Waals surface area contributed by atoms with Crippen molar-refractivity contribution in [3.63, 3.8) is 0 Å². The first kappa shape index (κ1) is 29.1. The standard InChI is InChI=1S/C29H29N3O9S/c33-26-12-13-27(34)32(26)41-28(35)9-2-1-5-15-31-16-14-22(21-7-3-4-8-24(21)31)29-30-23-11-10-20(19-25(23)40-29)39-17-6-18-42(36,37)38/h3-4,7-8,10-11,14,16,19H,1-2,5-6,9,12-13,15,17-18H2/p+1. The number of aryl methyl sites for hydroxylation is 1. The maximum Gasteiger partial charge on any atom is 0.333 e. The molecule has 1 N–H and O–H groups in total. The van der Waals surface area contributed by atoms with Crippen LogP contribution in [0.1, 0.15) is 44.9 Å². The number of hydroxylamine groups is 2. The molecule has 1 fully saturated rings. The second-order valence-corrected chi connectivity index (χ2v) is 11.5. The van der Waals surface area contributed by atoms with Crippen LogP contribution in [0.25, 0.3) is 33.5 Å². The Balaban J connectivity index is 1.20. The summed E-state index contributed by atoms with van der Waals surface area (Å²) < 4.78 is 44.4. The number of fused-ring (bicyclic) bond motifs is 2. The molecule has 0 unspecified atom stereocenters. The van der Waals surface area contributed by atoms with Crippen molar-refractivity contribution >= 4 is 49.9 Å². The molecule has 0 saturated carbocycles. The third-order valence-corrected chi connectivity index (χ3v) is 7.61. The molecule has 12 nitrogen and oxygen atoms in total. The first-order valence-electron chi connectivity index (χ1n) is 13.6. The number of benzene rings is 2. The van der Waals surface area contributed by atoms with Crippen LogP contribution in [0.15, 0.2) is 59.1 Å². The molecule has 5 rings (SSSR count). The van der Waals surface area contributed by atoms with Crippen LogP contribution >= 0.6 is 0 Å². The zero-order valence-corrected chi connectivity index (χ0v) is 23.5. The molecule has 4 aromatic rings. The number of aromatic nitrogens is 2. The zero-order chi connectivity index (χ0) is 29.7. The average molecular weight is 597 g/mol. The lowest BCUT2D eigenvalue weighted by atomic mass is 10.1. The molecule has 0 bridgehead atoms. The summed E-state index contributed by atoms with van der Waals surface area (Å²) in [5.74, 6) is -0.975. The first-order valence-corrected chi connectivity index (χ1v) is 15.3. The molecule has 3 heterocycles. The van der Waals surface area contributed by atoms with E-state index in [4.69, 9.17) is 18.5 Å². The maximum absolute atomic E-state index is 12.0. The van der Waals surface area contributed by atoms with E-state index in [1.165, 1.54) is 0 Å². The predicted octanol–water partition coefficient (Wildman–Crippen LogP) is 3.76. The van der Waals surface area contributed by atoms with Crippen LogP contribution in [0.3, 0.4) is 0 Å². The summed E-state index contributed by atoms with van der Waals surface area (Å²) in [6.45, 7) is 0.838. The smallest absolute Gasteiger partial charge is 0.333 e. The van der Waals surface area contributed by atoms with Gasteiger partial charge in [0.25, 0.3) is 21.9 Å². The third-order valence-electron chi connectivity index (χ3n) is 6.81. The second-order valence-electron chi connectivity index (χ2n) is 9.93. The van der Waals surface area contributed by atoms with E-state index < -0.39 is 27.9 Å². The van der Waals surface area contributed by atoms with E-state index in [9.17, 15) is 22.8 Å². The minimum atomic E-state index is -4.03. The molecule has 1 saturated heterocycles. The van der Waals surface area contributed by atoms with Gasteiger partial charge in [-0.25, -0.2) is 9.78 Å². The van der Waals surface area contributed by atoms with Crippen molar-refractivity contribution in [2.75, 3.05) is 12.4 Å². The largest absolute Gasteiger partial charge is 0.493 e. The van der Waals surface area contributed by atoms with Crippen molar-refractivity contribution in [2.45, 2.75) is 51.5 Å². The van der Waals surface area contributed by atoms with Gasteiger partial charge in [-0.15, -0.1) is 5.06 Å². The highest BCUT2D eigenvalue weighted by Crippen LogP contribution is 2.31. The van der Waals surface area contributed by atoms with Crippen molar-refractivity contribution in [3.05, 3.63) is 54.7 Å². The molecule has 13 heteroatoms. The summed E-state index contributed by atoms with van der Waals surface area (Å²) in [5.41, 5.74) is 2.98. The van der Waals surface area contributed by atoms with Crippen LogP contribution in [-0.2, 0) is 35.9 Å². The normalized spacial score (nSPS) is 13.8. The topological polar surface area (TPSA) is 157 Å². The molecule has 1 aliphatic heterocycles. The zero-order valence-electron chi connectivity index (χ0n) is 22.7. The van der Waals surface area contributed by atoms with Gasteiger partial charge in [-0.2, -0.15) is 13.0 Å². The number of unbranched alkanes of at least 4 members (excludes halogenated alkanes) is 2. The molecular formula is C29H30N3O9S+. The van der Waals surface area contributed by atoms with Crippen LogP contribution in [0.2, 0.25) is 0 Å². The van der Waals surface area contributed by atoms with Gasteiger partial charge >= 0.3 is 5.97 Å². The Hall–Kier alpha value is -4.36. The molecule has 220 valence electrons. The van der Waals surface area contributed by atoms with Gasteiger partial charge in [0, 0.05) is 43.9 Å². The van der Waals surface area contributed by atoms with Crippen LogP contribution in [0.4, 0.5) is 0 Å². The number of hydrogen-bond donors (Lipinski definition) is 1. The second kappa shape index (κ2) is 12.7. The van der Waals surface area contributed by atoms with Gasteiger partial charge < -0.3 is 14.0 Å². The van der Waals surface area contributed by atoms with Crippen LogP contribution in [0, 0.1) is 0 Å². The van der Waals surface area contributed by atoms with Gasteiger partial charge in [0.15, 0.2) is 11.8 Å². The number of pyridine rings is 1. The number of oxazole rings is 1. The fraction of sp³-hybridized carbons (Fsp3) is 0.345. The van der Waals surface area contributed by atoms with E-state index >= 15 is 0 Å². The van der Waals surface area contributed by atoms with Gasteiger partial charge in [-0.05, 0) is 37.5 Å². The van der Waals surface area contributed by atoms with Crippen molar-refractivity contribution in [1.29, 1.82) is 0 Å². The summed E-state index contributed by atoms with van der Waals surface area (Å²) in [5, 5.41) is 1.53. The van der Waals surface area contributed by atoms with Gasteiger partial charge in [0.05, 0.1) is 23.3 Å². The molecule has 2 aromatic carbocycles. The number of imide groups is 1. The van der Waals surface area contributed by atoms with Crippen molar-refractivity contribution in [2.24, 2.45) is 0 Å². The lowest BCUT2D eigenvalue weighted by Crippen LogP contribution is -2.34. The maximum atomic E-state index is 12.0. The molecular weight excluding hydrogens is 566 g/mol. The fourth-order valence-electron chi connectivity index (χ4n) is 4.74. The van der Waals surface area contributed by atoms with Gasteiger partial charge in [0.2, 0.25) is 11.4 Å². The number of hydrogen-bond acceptors (Lipinski definition) is 9. The number of para-hydroxylation sites is 1. The number of carbonyl (C=O) groups is 3. The average Bonchev–Trinajstić information content (AvgIpc) is 3.52. The molecule has 1 aliphatic rings. The van der Waals surface area contributed by atoms with Crippen molar-refractivity contribution < 1.29 is 45.9 Å². The fourth-order valence-corrected chi connectivity index (χ4v) is 5.23. The monoisotopic (exact) mass is 596 g/mol. The number of amides is 2. The summed E-state index contributed by atoms with van der Waals surface area (Å²) >= 11 is 0. The first-order chi connectivity index (χ1) is 20.2. The summed E-state index contributed by atoms with van der Waals surface area (Å²) in [7, 11) is -4.03. The molecule has 2 amide bonds. The Morgan fingerprint density at radius 2 is 1.81 bits per heavy atom. The van der Waals surface area contributed by atoms with Crippen LogP contribution in [-0.4, -0.2) is 53.2 Å².